The van der Waals surface area contributed by atoms with Gasteiger partial charge in [0.15, 0.2) is 0 Å². The molecular weight excluding hydrogens is 224 g/mol. The van der Waals surface area contributed by atoms with Crippen LogP contribution in [-0.2, 0) is 4.79 Å². The summed E-state index contributed by atoms with van der Waals surface area (Å²) in [7, 11) is 0. The Bertz CT molecular complexity index is 252. The molecule has 0 radical (unpaired) electrons. The number of nitrogens with one attached hydrogen (secondary N) is 1. The minimum Gasteiger partial charge on any atom is -0.340 e. The Balaban J connectivity index is 2.85. The van der Waals surface area contributed by atoms with Crippen molar-refractivity contribution in [1.82, 2.24) is 10.2 Å². The number of amides is 1. The molecule has 18 heavy (non-hydrogen) atoms. The van der Waals surface area contributed by atoms with Gasteiger partial charge in [0.25, 0.3) is 0 Å². The average Bonchev–Trinajstić information content (AvgIpc) is 2.36. The first-order chi connectivity index (χ1) is 8.57. The number of hydrogen-bond acceptors (Lipinski definition) is 2. The molecule has 3 nitrogen and oxygen atoms in total. The molecule has 0 bridgehead atoms. The summed E-state index contributed by atoms with van der Waals surface area (Å²) in [6, 6.07) is 0.320. The summed E-state index contributed by atoms with van der Waals surface area (Å²) in [5, 5.41) is 3.38. The summed E-state index contributed by atoms with van der Waals surface area (Å²) in [6.07, 6.45) is 5.20. The van der Waals surface area contributed by atoms with Gasteiger partial charge >= 0.3 is 0 Å². The fraction of sp³-hybridized carbons (Fsp3) is 0.933. The van der Waals surface area contributed by atoms with Crippen LogP contribution in [0.1, 0.15) is 59.8 Å². The van der Waals surface area contributed by atoms with Crippen LogP contribution in [-0.4, -0.2) is 36.5 Å². The van der Waals surface area contributed by atoms with E-state index in [0.717, 1.165) is 51.7 Å². The van der Waals surface area contributed by atoms with E-state index in [1.165, 1.54) is 0 Å². The van der Waals surface area contributed by atoms with E-state index in [1.54, 1.807) is 0 Å². The zero-order chi connectivity index (χ0) is 13.6. The van der Waals surface area contributed by atoms with Gasteiger partial charge in [0.2, 0.25) is 5.91 Å². The molecule has 1 rings (SSSR count). The first-order valence-electron chi connectivity index (χ1n) is 7.59. The van der Waals surface area contributed by atoms with Gasteiger partial charge in [-0.25, -0.2) is 0 Å². The Morgan fingerprint density at radius 2 is 1.83 bits per heavy atom. The lowest BCUT2D eigenvalue weighted by atomic mass is 9.74. The molecule has 1 saturated heterocycles. The normalized spacial score (nSPS) is 18.9. The molecule has 0 aromatic carbocycles. The molecule has 0 saturated carbocycles. The molecule has 0 unspecified atom stereocenters. The Labute approximate surface area is 112 Å². The Kier molecular flexibility index (Phi) is 6.13. The number of nitrogens with zero attached hydrogens (tertiary/aromatic N) is 1. The lowest BCUT2D eigenvalue weighted by molar-refractivity contribution is -0.146. The second-order valence-electron chi connectivity index (χ2n) is 5.87. The van der Waals surface area contributed by atoms with Crippen LogP contribution < -0.4 is 5.32 Å². The Morgan fingerprint density at radius 1 is 1.22 bits per heavy atom. The van der Waals surface area contributed by atoms with Crippen LogP contribution in [0, 0.1) is 5.41 Å². The van der Waals surface area contributed by atoms with Crippen LogP contribution in [0.5, 0.6) is 0 Å². The summed E-state index contributed by atoms with van der Waals surface area (Å²) in [4.78, 5) is 15.0. The maximum absolute atomic E-state index is 12.9. The topological polar surface area (TPSA) is 32.3 Å². The van der Waals surface area contributed by atoms with Gasteiger partial charge in [0.05, 0.1) is 5.41 Å². The number of rotatable bonds is 6. The summed E-state index contributed by atoms with van der Waals surface area (Å²) in [5.41, 5.74) is -0.0839. The standard InChI is InChI=1S/C15H30N2O/c1-5-7-15(8-10-16-11-9-15)14(18)17(12-6-2)13(3)4/h13,16H,5-12H2,1-4H3. The second kappa shape index (κ2) is 7.13. The summed E-state index contributed by atoms with van der Waals surface area (Å²) >= 11 is 0. The molecule has 1 heterocycles. The second-order valence-corrected chi connectivity index (χ2v) is 5.87. The highest BCUT2D eigenvalue weighted by atomic mass is 16.2. The van der Waals surface area contributed by atoms with E-state index < -0.39 is 0 Å². The van der Waals surface area contributed by atoms with E-state index in [1.807, 2.05) is 0 Å². The summed E-state index contributed by atoms with van der Waals surface area (Å²) in [6.45, 7) is 11.5. The summed E-state index contributed by atoms with van der Waals surface area (Å²) < 4.78 is 0. The number of hydrogen-bond donors (Lipinski definition) is 1. The molecule has 0 aliphatic carbocycles. The lowest BCUT2D eigenvalue weighted by Crippen LogP contribution is -2.51. The fourth-order valence-corrected chi connectivity index (χ4v) is 3.09. The summed E-state index contributed by atoms with van der Waals surface area (Å²) in [5.74, 6) is 0.405. The van der Waals surface area contributed by atoms with Gasteiger partial charge in [-0.2, -0.15) is 0 Å². The molecule has 1 aliphatic rings. The quantitative estimate of drug-likeness (QED) is 0.790. The van der Waals surface area contributed by atoms with Crippen molar-refractivity contribution in [2.45, 2.75) is 65.8 Å². The first kappa shape index (κ1) is 15.5. The van der Waals surface area contributed by atoms with Gasteiger partial charge in [0, 0.05) is 12.6 Å². The highest BCUT2D eigenvalue weighted by Crippen LogP contribution is 2.36. The largest absolute Gasteiger partial charge is 0.340 e. The minimum absolute atomic E-state index is 0.0839. The van der Waals surface area contributed by atoms with E-state index in [9.17, 15) is 4.79 Å². The molecule has 1 amide bonds. The maximum atomic E-state index is 12.9. The number of piperidine rings is 1. The van der Waals surface area contributed by atoms with Crippen molar-refractivity contribution in [3.8, 4) is 0 Å². The predicted octanol–water partition coefficient (Wildman–Crippen LogP) is 2.80. The van der Waals surface area contributed by atoms with E-state index in [0.29, 0.717) is 11.9 Å². The van der Waals surface area contributed by atoms with Gasteiger partial charge in [-0.1, -0.05) is 20.3 Å². The zero-order valence-corrected chi connectivity index (χ0v) is 12.6. The van der Waals surface area contributed by atoms with E-state index in [-0.39, 0.29) is 5.41 Å². The van der Waals surface area contributed by atoms with Gasteiger partial charge < -0.3 is 10.2 Å². The SMILES string of the molecule is CCCN(C(=O)C1(CCC)CCNCC1)C(C)C. The molecular formula is C15H30N2O. The molecule has 0 aromatic heterocycles. The Morgan fingerprint density at radius 3 is 2.28 bits per heavy atom. The van der Waals surface area contributed by atoms with Crippen LogP contribution in [0.3, 0.4) is 0 Å². The predicted molar refractivity (Wildman–Crippen MR) is 76.6 cm³/mol. The smallest absolute Gasteiger partial charge is 0.229 e. The molecule has 1 fully saturated rings. The number of carbonyl (C=O) groups is 1. The van der Waals surface area contributed by atoms with Crippen LogP contribution in [0.25, 0.3) is 0 Å². The minimum atomic E-state index is -0.0839. The van der Waals surface area contributed by atoms with Gasteiger partial charge in [-0.05, 0) is 52.6 Å². The van der Waals surface area contributed by atoms with Crippen molar-refractivity contribution >= 4 is 5.91 Å². The van der Waals surface area contributed by atoms with E-state index in [2.05, 4.69) is 37.9 Å². The van der Waals surface area contributed by atoms with Crippen molar-refractivity contribution in [3.63, 3.8) is 0 Å². The molecule has 1 N–H and O–H groups in total. The van der Waals surface area contributed by atoms with Crippen molar-refractivity contribution < 1.29 is 4.79 Å². The van der Waals surface area contributed by atoms with E-state index in [4.69, 9.17) is 0 Å². The highest BCUT2D eigenvalue weighted by molar-refractivity contribution is 5.83. The van der Waals surface area contributed by atoms with Crippen molar-refractivity contribution in [3.05, 3.63) is 0 Å². The van der Waals surface area contributed by atoms with Crippen LogP contribution >= 0.6 is 0 Å². The molecule has 0 atom stereocenters. The van der Waals surface area contributed by atoms with Crippen LogP contribution in [0.15, 0.2) is 0 Å². The molecule has 1 aliphatic heterocycles. The molecule has 3 heteroatoms. The molecule has 106 valence electrons. The average molecular weight is 254 g/mol. The lowest BCUT2D eigenvalue weighted by Gasteiger charge is -2.41. The highest BCUT2D eigenvalue weighted by Gasteiger charge is 2.41. The van der Waals surface area contributed by atoms with E-state index >= 15 is 0 Å². The molecule has 0 spiro atoms. The van der Waals surface area contributed by atoms with Gasteiger partial charge in [-0.3, -0.25) is 4.79 Å². The fourth-order valence-electron chi connectivity index (χ4n) is 3.09. The number of carbonyl (C=O) groups excluding carboxylic acids is 1. The van der Waals surface area contributed by atoms with Gasteiger partial charge in [0.1, 0.15) is 0 Å². The van der Waals surface area contributed by atoms with Gasteiger partial charge in [-0.15, -0.1) is 0 Å². The zero-order valence-electron chi connectivity index (χ0n) is 12.6. The third-order valence-corrected chi connectivity index (χ3v) is 4.09. The third kappa shape index (κ3) is 3.47. The van der Waals surface area contributed by atoms with Crippen LogP contribution in [0.2, 0.25) is 0 Å². The third-order valence-electron chi connectivity index (χ3n) is 4.09. The van der Waals surface area contributed by atoms with Crippen molar-refractivity contribution in [2.24, 2.45) is 5.41 Å². The first-order valence-corrected chi connectivity index (χ1v) is 7.59. The maximum Gasteiger partial charge on any atom is 0.229 e. The van der Waals surface area contributed by atoms with Crippen molar-refractivity contribution in [2.75, 3.05) is 19.6 Å². The van der Waals surface area contributed by atoms with Crippen molar-refractivity contribution in [1.29, 1.82) is 0 Å². The molecule has 0 aromatic rings. The monoisotopic (exact) mass is 254 g/mol. The van der Waals surface area contributed by atoms with Crippen LogP contribution in [0.4, 0.5) is 0 Å². The Hall–Kier alpha value is -0.570.